The van der Waals surface area contributed by atoms with Crippen molar-refractivity contribution >= 4 is 0 Å². The maximum absolute atomic E-state index is 12.0. The summed E-state index contributed by atoms with van der Waals surface area (Å²) in [7, 11) is 1.86. The summed E-state index contributed by atoms with van der Waals surface area (Å²) in [6.45, 7) is 6.18. The van der Waals surface area contributed by atoms with Crippen LogP contribution in [0.1, 0.15) is 42.8 Å². The minimum atomic E-state index is -4.06. The Bertz CT molecular complexity index is 396. The van der Waals surface area contributed by atoms with E-state index in [2.05, 4.69) is 10.4 Å². The molecule has 0 saturated heterocycles. The molecule has 1 unspecified atom stereocenters. The molecule has 0 bridgehead atoms. The Kier molecular flexibility index (Phi) is 4.78. The van der Waals surface area contributed by atoms with Gasteiger partial charge in [-0.15, -0.1) is 0 Å². The van der Waals surface area contributed by atoms with Crippen molar-refractivity contribution in [3.05, 3.63) is 17.0 Å². The lowest BCUT2D eigenvalue weighted by molar-refractivity contribution is -0.135. The Hall–Kier alpha value is -1.04. The molecule has 1 N–H and O–H groups in total. The third-order valence-corrected chi connectivity index (χ3v) is 3.09. The number of rotatable bonds is 5. The molecule has 0 fully saturated rings. The zero-order valence-corrected chi connectivity index (χ0v) is 11.2. The van der Waals surface area contributed by atoms with Crippen LogP contribution < -0.4 is 5.32 Å². The highest BCUT2D eigenvalue weighted by Gasteiger charge is 2.26. The fourth-order valence-corrected chi connectivity index (χ4v) is 2.13. The van der Waals surface area contributed by atoms with Crippen LogP contribution in [0, 0.1) is 13.8 Å². The molecule has 18 heavy (non-hydrogen) atoms. The van der Waals surface area contributed by atoms with Crippen LogP contribution in [0.4, 0.5) is 13.2 Å². The van der Waals surface area contributed by atoms with Crippen molar-refractivity contribution in [1.82, 2.24) is 15.1 Å². The van der Waals surface area contributed by atoms with Crippen LogP contribution in [-0.2, 0) is 7.05 Å². The molecule has 3 nitrogen and oxygen atoms in total. The predicted molar refractivity (Wildman–Crippen MR) is 64.4 cm³/mol. The highest BCUT2D eigenvalue weighted by atomic mass is 19.4. The second-order valence-corrected chi connectivity index (χ2v) is 4.60. The molecule has 1 atom stereocenters. The third-order valence-electron chi connectivity index (χ3n) is 3.09. The minimum absolute atomic E-state index is 0.0203. The van der Waals surface area contributed by atoms with E-state index < -0.39 is 12.6 Å². The standard InChI is InChI=1S/C12H20F3N3/c1-8(16-7-5-6-12(13,14)15)11-9(2)17-18(4)10(11)3/h8,16H,5-7H2,1-4H3. The SMILES string of the molecule is Cc1nn(C)c(C)c1C(C)NCCCC(F)(F)F. The number of nitrogens with zero attached hydrogens (tertiary/aromatic N) is 2. The molecule has 1 rings (SSSR count). The Morgan fingerprint density at radius 2 is 1.94 bits per heavy atom. The van der Waals surface area contributed by atoms with Crippen molar-refractivity contribution in [2.24, 2.45) is 7.05 Å². The number of aryl methyl sites for hydroxylation is 2. The number of hydrogen-bond donors (Lipinski definition) is 1. The molecule has 0 spiro atoms. The van der Waals surface area contributed by atoms with Gasteiger partial charge in [0.25, 0.3) is 0 Å². The van der Waals surface area contributed by atoms with E-state index in [4.69, 9.17) is 0 Å². The van der Waals surface area contributed by atoms with Gasteiger partial charge in [0.05, 0.1) is 5.69 Å². The lowest BCUT2D eigenvalue weighted by atomic mass is 10.1. The van der Waals surface area contributed by atoms with Gasteiger partial charge in [0.1, 0.15) is 0 Å². The molecule has 0 aromatic carbocycles. The first-order valence-electron chi connectivity index (χ1n) is 6.02. The lowest BCUT2D eigenvalue weighted by Crippen LogP contribution is -2.22. The van der Waals surface area contributed by atoms with Gasteiger partial charge in [-0.05, 0) is 33.7 Å². The van der Waals surface area contributed by atoms with Crippen molar-refractivity contribution < 1.29 is 13.2 Å². The van der Waals surface area contributed by atoms with E-state index >= 15 is 0 Å². The summed E-state index contributed by atoms with van der Waals surface area (Å²) in [6.07, 6.45) is -4.70. The molecular formula is C12H20F3N3. The van der Waals surface area contributed by atoms with Crippen molar-refractivity contribution in [3.8, 4) is 0 Å². The van der Waals surface area contributed by atoms with E-state index in [0.717, 1.165) is 17.0 Å². The molecule has 0 aliphatic rings. The molecule has 104 valence electrons. The van der Waals surface area contributed by atoms with Crippen LogP contribution in [0.15, 0.2) is 0 Å². The number of hydrogen-bond acceptors (Lipinski definition) is 2. The average Bonchev–Trinajstić information content (AvgIpc) is 2.47. The monoisotopic (exact) mass is 263 g/mol. The summed E-state index contributed by atoms with van der Waals surface area (Å²) in [4.78, 5) is 0. The molecule has 0 saturated carbocycles. The molecule has 1 heterocycles. The van der Waals surface area contributed by atoms with Gasteiger partial charge in [0, 0.05) is 30.8 Å². The summed E-state index contributed by atoms with van der Waals surface area (Å²) in [6, 6.07) is 0.0203. The van der Waals surface area contributed by atoms with Gasteiger partial charge in [0.2, 0.25) is 0 Å². The van der Waals surface area contributed by atoms with Gasteiger partial charge in [-0.3, -0.25) is 4.68 Å². The highest BCUT2D eigenvalue weighted by Crippen LogP contribution is 2.22. The number of halogens is 3. The molecule has 0 aliphatic carbocycles. The van der Waals surface area contributed by atoms with Crippen LogP contribution >= 0.6 is 0 Å². The van der Waals surface area contributed by atoms with E-state index in [1.807, 2.05) is 27.8 Å². The summed E-state index contributed by atoms with van der Waals surface area (Å²) in [5.74, 6) is 0. The Balaban J connectivity index is 2.48. The fourth-order valence-electron chi connectivity index (χ4n) is 2.13. The number of aromatic nitrogens is 2. The average molecular weight is 263 g/mol. The quantitative estimate of drug-likeness (QED) is 0.827. The highest BCUT2D eigenvalue weighted by molar-refractivity contribution is 5.27. The predicted octanol–water partition coefficient (Wildman–Crippen LogP) is 3.03. The maximum Gasteiger partial charge on any atom is 0.389 e. The van der Waals surface area contributed by atoms with Gasteiger partial charge in [0.15, 0.2) is 0 Å². The second-order valence-electron chi connectivity index (χ2n) is 4.60. The van der Waals surface area contributed by atoms with Gasteiger partial charge in [-0.2, -0.15) is 18.3 Å². The van der Waals surface area contributed by atoms with Gasteiger partial charge >= 0.3 is 6.18 Å². The van der Waals surface area contributed by atoms with Crippen LogP contribution in [0.2, 0.25) is 0 Å². The number of nitrogens with one attached hydrogen (secondary N) is 1. The van der Waals surface area contributed by atoms with Crippen LogP contribution in [0.5, 0.6) is 0 Å². The first kappa shape index (κ1) is 15.0. The Morgan fingerprint density at radius 3 is 2.39 bits per heavy atom. The first-order valence-corrected chi connectivity index (χ1v) is 6.02. The lowest BCUT2D eigenvalue weighted by Gasteiger charge is -2.15. The van der Waals surface area contributed by atoms with Gasteiger partial charge in [-0.1, -0.05) is 0 Å². The first-order chi connectivity index (χ1) is 8.22. The normalized spacial score (nSPS) is 13.9. The third kappa shape index (κ3) is 4.01. The fraction of sp³-hybridized carbons (Fsp3) is 0.750. The van der Waals surface area contributed by atoms with E-state index in [-0.39, 0.29) is 12.5 Å². The maximum atomic E-state index is 12.0. The van der Waals surface area contributed by atoms with Crippen molar-refractivity contribution in [2.45, 2.75) is 45.8 Å². The zero-order valence-electron chi connectivity index (χ0n) is 11.2. The molecule has 1 aromatic heterocycles. The Morgan fingerprint density at radius 1 is 1.33 bits per heavy atom. The molecule has 6 heteroatoms. The van der Waals surface area contributed by atoms with E-state index in [9.17, 15) is 13.2 Å². The number of alkyl halides is 3. The van der Waals surface area contributed by atoms with Crippen LogP contribution in [-0.4, -0.2) is 22.5 Å². The second kappa shape index (κ2) is 5.73. The summed E-state index contributed by atoms with van der Waals surface area (Å²) < 4.78 is 37.8. The van der Waals surface area contributed by atoms with E-state index in [0.29, 0.717) is 6.54 Å². The molecule has 0 aliphatic heterocycles. The van der Waals surface area contributed by atoms with E-state index in [1.165, 1.54) is 0 Å². The van der Waals surface area contributed by atoms with Crippen molar-refractivity contribution in [2.75, 3.05) is 6.54 Å². The van der Waals surface area contributed by atoms with Crippen LogP contribution in [0.3, 0.4) is 0 Å². The molecule has 1 aromatic rings. The summed E-state index contributed by atoms with van der Waals surface area (Å²) in [5.41, 5.74) is 3.04. The van der Waals surface area contributed by atoms with Crippen molar-refractivity contribution in [3.63, 3.8) is 0 Å². The zero-order chi connectivity index (χ0) is 13.9. The molecule has 0 radical (unpaired) electrons. The topological polar surface area (TPSA) is 29.9 Å². The van der Waals surface area contributed by atoms with Gasteiger partial charge < -0.3 is 5.32 Å². The summed E-state index contributed by atoms with van der Waals surface area (Å²) >= 11 is 0. The van der Waals surface area contributed by atoms with Crippen LogP contribution in [0.25, 0.3) is 0 Å². The Labute approximate surface area is 105 Å². The largest absolute Gasteiger partial charge is 0.389 e. The molecular weight excluding hydrogens is 243 g/mol. The van der Waals surface area contributed by atoms with E-state index in [1.54, 1.807) is 4.68 Å². The van der Waals surface area contributed by atoms with Gasteiger partial charge in [-0.25, -0.2) is 0 Å². The van der Waals surface area contributed by atoms with Crippen molar-refractivity contribution in [1.29, 1.82) is 0 Å². The summed E-state index contributed by atoms with van der Waals surface area (Å²) in [5, 5.41) is 7.41. The smallest absolute Gasteiger partial charge is 0.310 e. The molecule has 0 amide bonds. The minimum Gasteiger partial charge on any atom is -0.310 e.